The molecule has 0 unspecified atom stereocenters. The maximum atomic E-state index is 12.7. The molecule has 0 bridgehead atoms. The fourth-order valence-corrected chi connectivity index (χ4v) is 4.52. The Hall–Kier alpha value is -3.16. The van der Waals surface area contributed by atoms with Crippen LogP contribution in [-0.4, -0.2) is 54.5 Å². The molecule has 0 aromatic heterocycles. The summed E-state index contributed by atoms with van der Waals surface area (Å²) in [5, 5.41) is 5.40. The van der Waals surface area contributed by atoms with Gasteiger partial charge in [-0.2, -0.15) is 0 Å². The summed E-state index contributed by atoms with van der Waals surface area (Å²) in [6.45, 7) is 2.77. The summed E-state index contributed by atoms with van der Waals surface area (Å²) in [5.74, 6) is -0.0741. The number of urea groups is 1. The molecule has 3 aromatic carbocycles. The summed E-state index contributed by atoms with van der Waals surface area (Å²) in [6, 6.07) is 28.0. The van der Waals surface area contributed by atoms with Crippen LogP contribution in [-0.2, 0) is 4.79 Å². The van der Waals surface area contributed by atoms with E-state index in [0.29, 0.717) is 18.8 Å². The van der Waals surface area contributed by atoms with Crippen LogP contribution in [0.4, 0.5) is 10.5 Å². The Labute approximate surface area is 202 Å². The van der Waals surface area contributed by atoms with Crippen LogP contribution in [0.15, 0.2) is 89.4 Å². The summed E-state index contributed by atoms with van der Waals surface area (Å²) in [7, 11) is 0. The van der Waals surface area contributed by atoms with E-state index in [0.717, 1.165) is 17.6 Å². The number of carbonyl (C=O) groups excluding carboxylic acids is 2. The van der Waals surface area contributed by atoms with E-state index < -0.39 is 6.03 Å². The normalized spacial score (nSPS) is 14.2. The van der Waals surface area contributed by atoms with Crippen LogP contribution >= 0.6 is 15.9 Å². The van der Waals surface area contributed by atoms with Gasteiger partial charge >= 0.3 is 6.03 Å². The van der Waals surface area contributed by atoms with E-state index in [9.17, 15) is 9.59 Å². The predicted molar refractivity (Wildman–Crippen MR) is 134 cm³/mol. The first-order valence-electron chi connectivity index (χ1n) is 11.0. The van der Waals surface area contributed by atoms with Crippen molar-refractivity contribution in [3.8, 4) is 0 Å². The van der Waals surface area contributed by atoms with Crippen molar-refractivity contribution in [2.45, 2.75) is 6.04 Å². The molecule has 0 aliphatic carbocycles. The van der Waals surface area contributed by atoms with Gasteiger partial charge in [0.1, 0.15) is 0 Å². The lowest BCUT2D eigenvalue weighted by Gasteiger charge is -2.39. The van der Waals surface area contributed by atoms with E-state index in [1.54, 1.807) is 12.1 Å². The molecule has 1 aliphatic rings. The second-order valence-corrected chi connectivity index (χ2v) is 8.87. The standard InChI is InChI=1S/C26H27BrN4O2/c27-22-12-7-13-23(18-22)29-26(33)28-19-24(32)30-14-16-31(17-15-30)25(20-8-3-1-4-9-20)21-10-5-2-6-11-21/h1-13,18,25H,14-17,19H2,(H2,28,29,33). The van der Waals surface area contributed by atoms with E-state index >= 15 is 0 Å². The van der Waals surface area contributed by atoms with Crippen LogP contribution in [0.1, 0.15) is 17.2 Å². The minimum absolute atomic E-state index is 0.0271. The molecule has 1 aliphatic heterocycles. The van der Waals surface area contributed by atoms with Crippen molar-refractivity contribution in [1.29, 1.82) is 0 Å². The molecule has 3 aromatic rings. The summed E-state index contributed by atoms with van der Waals surface area (Å²) < 4.78 is 0.874. The third kappa shape index (κ3) is 6.21. The van der Waals surface area contributed by atoms with Crippen molar-refractivity contribution in [2.24, 2.45) is 0 Å². The predicted octanol–water partition coefficient (Wildman–Crippen LogP) is 4.50. The molecule has 170 valence electrons. The minimum Gasteiger partial charge on any atom is -0.339 e. The minimum atomic E-state index is -0.395. The molecular weight excluding hydrogens is 480 g/mol. The van der Waals surface area contributed by atoms with Gasteiger partial charge in [0.15, 0.2) is 0 Å². The second kappa shape index (κ2) is 11.1. The van der Waals surface area contributed by atoms with E-state index in [4.69, 9.17) is 0 Å². The monoisotopic (exact) mass is 506 g/mol. The molecule has 33 heavy (non-hydrogen) atoms. The van der Waals surface area contributed by atoms with E-state index in [-0.39, 0.29) is 18.5 Å². The number of carbonyl (C=O) groups is 2. The van der Waals surface area contributed by atoms with Gasteiger partial charge in [-0.1, -0.05) is 82.7 Å². The van der Waals surface area contributed by atoms with Gasteiger partial charge in [0, 0.05) is 36.3 Å². The molecule has 3 amide bonds. The zero-order valence-corrected chi connectivity index (χ0v) is 19.9. The first-order chi connectivity index (χ1) is 16.1. The summed E-state index contributed by atoms with van der Waals surface area (Å²) >= 11 is 3.37. The van der Waals surface area contributed by atoms with Crippen LogP contribution < -0.4 is 10.6 Å². The van der Waals surface area contributed by atoms with Gasteiger partial charge in [0.2, 0.25) is 5.91 Å². The third-order valence-electron chi connectivity index (χ3n) is 5.75. The molecule has 1 heterocycles. The lowest BCUT2D eigenvalue weighted by Crippen LogP contribution is -2.52. The van der Waals surface area contributed by atoms with Gasteiger partial charge in [-0.05, 0) is 29.3 Å². The number of hydrogen-bond acceptors (Lipinski definition) is 3. The smallest absolute Gasteiger partial charge is 0.319 e. The number of halogens is 1. The first-order valence-corrected chi connectivity index (χ1v) is 11.8. The van der Waals surface area contributed by atoms with Crippen LogP contribution in [0, 0.1) is 0 Å². The Bertz CT molecular complexity index is 1030. The maximum Gasteiger partial charge on any atom is 0.319 e. The van der Waals surface area contributed by atoms with E-state index in [1.165, 1.54) is 11.1 Å². The molecule has 2 N–H and O–H groups in total. The average molecular weight is 507 g/mol. The third-order valence-corrected chi connectivity index (χ3v) is 6.24. The van der Waals surface area contributed by atoms with Gasteiger partial charge in [-0.25, -0.2) is 4.79 Å². The van der Waals surface area contributed by atoms with Crippen molar-refractivity contribution in [3.63, 3.8) is 0 Å². The molecule has 1 fully saturated rings. The van der Waals surface area contributed by atoms with Crippen molar-refractivity contribution >= 4 is 33.6 Å². The number of piperazine rings is 1. The molecule has 1 saturated heterocycles. The Morgan fingerprint density at radius 2 is 1.42 bits per heavy atom. The number of anilines is 1. The van der Waals surface area contributed by atoms with Crippen LogP contribution in [0.3, 0.4) is 0 Å². The number of rotatable bonds is 6. The number of nitrogens with one attached hydrogen (secondary N) is 2. The Morgan fingerprint density at radius 1 is 0.818 bits per heavy atom. The highest BCUT2D eigenvalue weighted by Gasteiger charge is 2.28. The van der Waals surface area contributed by atoms with Crippen molar-refractivity contribution in [3.05, 3.63) is 101 Å². The van der Waals surface area contributed by atoms with Crippen LogP contribution in [0.2, 0.25) is 0 Å². The fourth-order valence-electron chi connectivity index (χ4n) is 4.12. The van der Waals surface area contributed by atoms with Gasteiger partial charge in [0.25, 0.3) is 0 Å². The Morgan fingerprint density at radius 3 is 2.00 bits per heavy atom. The van der Waals surface area contributed by atoms with Crippen LogP contribution in [0.5, 0.6) is 0 Å². The molecule has 7 heteroatoms. The van der Waals surface area contributed by atoms with Gasteiger partial charge in [0.05, 0.1) is 12.6 Å². The largest absolute Gasteiger partial charge is 0.339 e. The Kier molecular flexibility index (Phi) is 7.75. The zero-order valence-electron chi connectivity index (χ0n) is 18.3. The summed E-state index contributed by atoms with van der Waals surface area (Å²) in [4.78, 5) is 29.1. The molecule has 6 nitrogen and oxygen atoms in total. The highest BCUT2D eigenvalue weighted by molar-refractivity contribution is 9.10. The van der Waals surface area contributed by atoms with Crippen molar-refractivity contribution in [1.82, 2.24) is 15.1 Å². The molecule has 4 rings (SSSR count). The lowest BCUT2D eigenvalue weighted by molar-refractivity contribution is -0.132. The van der Waals surface area contributed by atoms with Crippen molar-refractivity contribution < 1.29 is 9.59 Å². The zero-order chi connectivity index (χ0) is 23.0. The lowest BCUT2D eigenvalue weighted by atomic mass is 9.96. The van der Waals surface area contributed by atoms with Crippen molar-refractivity contribution in [2.75, 3.05) is 38.0 Å². The highest BCUT2D eigenvalue weighted by Crippen LogP contribution is 2.29. The average Bonchev–Trinajstić information content (AvgIpc) is 2.84. The highest BCUT2D eigenvalue weighted by atomic mass is 79.9. The van der Waals surface area contributed by atoms with E-state index in [2.05, 4.69) is 80.0 Å². The molecule has 0 atom stereocenters. The van der Waals surface area contributed by atoms with E-state index in [1.807, 2.05) is 29.2 Å². The quantitative estimate of drug-likeness (QED) is 0.517. The van der Waals surface area contributed by atoms with Gasteiger partial charge in [-0.3, -0.25) is 9.69 Å². The maximum absolute atomic E-state index is 12.7. The molecule has 0 spiro atoms. The van der Waals surface area contributed by atoms with Crippen LogP contribution in [0.25, 0.3) is 0 Å². The number of amides is 3. The second-order valence-electron chi connectivity index (χ2n) is 7.96. The number of nitrogens with zero attached hydrogens (tertiary/aromatic N) is 2. The summed E-state index contributed by atoms with van der Waals surface area (Å²) in [6.07, 6.45) is 0. The number of benzene rings is 3. The fraction of sp³-hybridized carbons (Fsp3) is 0.231. The summed E-state index contributed by atoms with van der Waals surface area (Å²) in [5.41, 5.74) is 3.15. The first kappa shape index (κ1) is 23.0. The van der Waals surface area contributed by atoms with Gasteiger partial charge < -0.3 is 15.5 Å². The number of hydrogen-bond donors (Lipinski definition) is 2. The SMILES string of the molecule is O=C(NCC(=O)N1CCN(C(c2ccccc2)c2ccccc2)CC1)Nc1cccc(Br)c1. The Balaban J connectivity index is 1.31. The molecular formula is C26H27BrN4O2. The van der Waals surface area contributed by atoms with Gasteiger partial charge in [-0.15, -0.1) is 0 Å². The molecule has 0 saturated carbocycles. The molecule has 0 radical (unpaired) electrons. The topological polar surface area (TPSA) is 64.7 Å².